The van der Waals surface area contributed by atoms with Crippen molar-refractivity contribution in [3.05, 3.63) is 48.0 Å². The lowest BCUT2D eigenvalue weighted by Gasteiger charge is -2.25. The molecule has 0 N–H and O–H groups in total. The first-order chi connectivity index (χ1) is 13.2. The second-order valence-corrected chi connectivity index (χ2v) is 6.45. The summed E-state index contributed by atoms with van der Waals surface area (Å²) in [6, 6.07) is 7.46. The Morgan fingerprint density at radius 1 is 1.19 bits per heavy atom. The van der Waals surface area contributed by atoms with Gasteiger partial charge in [0.25, 0.3) is 5.78 Å². The second-order valence-electron chi connectivity index (χ2n) is 6.45. The maximum atomic E-state index is 13.0. The largest absolute Gasteiger partial charge is 0.493 e. The van der Waals surface area contributed by atoms with E-state index in [2.05, 4.69) is 15.1 Å². The summed E-state index contributed by atoms with van der Waals surface area (Å²) in [7, 11) is 3.18. The first-order valence-electron chi connectivity index (χ1n) is 8.86. The predicted octanol–water partition coefficient (Wildman–Crippen LogP) is 2.05. The van der Waals surface area contributed by atoms with E-state index in [1.54, 1.807) is 24.9 Å². The SMILES string of the molecule is COc1ccc(CC(=O)N2CCCC2c2ccnc3ncnn23)cc1OC. The minimum absolute atomic E-state index is 0.0233. The van der Waals surface area contributed by atoms with E-state index in [9.17, 15) is 4.79 Å². The molecule has 0 radical (unpaired) electrons. The average Bonchev–Trinajstić information content (AvgIpc) is 3.36. The van der Waals surface area contributed by atoms with Crippen LogP contribution in [0.25, 0.3) is 5.78 Å². The van der Waals surface area contributed by atoms with Crippen molar-refractivity contribution in [1.29, 1.82) is 0 Å². The topological polar surface area (TPSA) is 81.9 Å². The molecule has 0 aliphatic carbocycles. The summed E-state index contributed by atoms with van der Waals surface area (Å²) in [4.78, 5) is 23.3. The van der Waals surface area contributed by atoms with Crippen molar-refractivity contribution in [3.63, 3.8) is 0 Å². The van der Waals surface area contributed by atoms with Gasteiger partial charge in [-0.25, -0.2) is 4.98 Å². The minimum atomic E-state index is -0.0233. The van der Waals surface area contributed by atoms with Crippen LogP contribution in [-0.4, -0.2) is 51.2 Å². The fourth-order valence-electron chi connectivity index (χ4n) is 3.65. The van der Waals surface area contributed by atoms with Crippen LogP contribution in [0.3, 0.4) is 0 Å². The standard InChI is InChI=1S/C19H21N5O3/c1-26-16-6-5-13(10-17(16)27-2)11-18(25)23-9-3-4-14(23)15-7-8-20-19-21-12-22-24(15)19/h5-8,10,12,14H,3-4,9,11H2,1-2H3. The average molecular weight is 367 g/mol. The summed E-state index contributed by atoms with van der Waals surface area (Å²) in [6.07, 6.45) is 5.37. The van der Waals surface area contributed by atoms with Gasteiger partial charge < -0.3 is 14.4 Å². The van der Waals surface area contributed by atoms with Crippen molar-refractivity contribution in [1.82, 2.24) is 24.5 Å². The maximum Gasteiger partial charge on any atom is 0.252 e. The van der Waals surface area contributed by atoms with Gasteiger partial charge in [-0.2, -0.15) is 14.6 Å². The monoisotopic (exact) mass is 367 g/mol. The van der Waals surface area contributed by atoms with Crippen molar-refractivity contribution in [3.8, 4) is 11.5 Å². The van der Waals surface area contributed by atoms with Gasteiger partial charge >= 0.3 is 0 Å². The number of hydrogen-bond donors (Lipinski definition) is 0. The normalized spacial score (nSPS) is 16.7. The van der Waals surface area contributed by atoms with Crippen molar-refractivity contribution in [2.75, 3.05) is 20.8 Å². The number of aromatic nitrogens is 4. The third-order valence-electron chi connectivity index (χ3n) is 4.93. The Morgan fingerprint density at radius 3 is 2.85 bits per heavy atom. The van der Waals surface area contributed by atoms with Crippen molar-refractivity contribution in [2.24, 2.45) is 0 Å². The zero-order valence-electron chi connectivity index (χ0n) is 15.3. The molecule has 140 valence electrons. The highest BCUT2D eigenvalue weighted by Crippen LogP contribution is 2.33. The molecule has 1 amide bonds. The van der Waals surface area contributed by atoms with Crippen molar-refractivity contribution < 1.29 is 14.3 Å². The van der Waals surface area contributed by atoms with Gasteiger partial charge in [0.1, 0.15) is 6.33 Å². The Labute approximate surface area is 156 Å². The quantitative estimate of drug-likeness (QED) is 0.686. The highest BCUT2D eigenvalue weighted by molar-refractivity contribution is 5.79. The highest BCUT2D eigenvalue weighted by atomic mass is 16.5. The lowest BCUT2D eigenvalue weighted by molar-refractivity contribution is -0.131. The highest BCUT2D eigenvalue weighted by Gasteiger charge is 2.32. The smallest absolute Gasteiger partial charge is 0.252 e. The summed E-state index contributed by atoms with van der Waals surface area (Å²) in [6.45, 7) is 0.731. The molecule has 3 aromatic rings. The molecule has 0 bridgehead atoms. The molecule has 0 saturated carbocycles. The number of ether oxygens (including phenoxy) is 2. The minimum Gasteiger partial charge on any atom is -0.493 e. The summed E-state index contributed by atoms with van der Waals surface area (Å²) < 4.78 is 12.3. The van der Waals surface area contributed by atoms with E-state index in [0.29, 0.717) is 23.7 Å². The van der Waals surface area contributed by atoms with Gasteiger partial charge in [0.2, 0.25) is 5.91 Å². The van der Waals surface area contributed by atoms with Crippen LogP contribution in [0.15, 0.2) is 36.8 Å². The zero-order chi connectivity index (χ0) is 18.8. The first kappa shape index (κ1) is 17.3. The zero-order valence-corrected chi connectivity index (χ0v) is 15.3. The molecule has 1 unspecified atom stereocenters. The molecule has 1 aliphatic rings. The van der Waals surface area contributed by atoms with E-state index in [1.165, 1.54) is 6.33 Å². The molecule has 0 spiro atoms. The van der Waals surface area contributed by atoms with Gasteiger partial charge in [0, 0.05) is 12.7 Å². The lowest BCUT2D eigenvalue weighted by Crippen LogP contribution is -2.32. The maximum absolute atomic E-state index is 13.0. The van der Waals surface area contributed by atoms with E-state index in [0.717, 1.165) is 30.6 Å². The van der Waals surface area contributed by atoms with Gasteiger partial charge in [-0.3, -0.25) is 4.79 Å². The molecular formula is C19H21N5O3. The van der Waals surface area contributed by atoms with Crippen LogP contribution < -0.4 is 9.47 Å². The number of benzene rings is 1. The van der Waals surface area contributed by atoms with E-state index in [4.69, 9.17) is 9.47 Å². The molecule has 4 rings (SSSR count). The van der Waals surface area contributed by atoms with Crippen LogP contribution in [0.1, 0.15) is 30.1 Å². The van der Waals surface area contributed by atoms with Crippen molar-refractivity contribution in [2.45, 2.75) is 25.3 Å². The number of hydrogen-bond acceptors (Lipinski definition) is 6. The summed E-state index contributed by atoms with van der Waals surface area (Å²) in [5.74, 6) is 1.90. The Hall–Kier alpha value is -3.16. The van der Waals surface area contributed by atoms with Gasteiger partial charge in [-0.05, 0) is 36.6 Å². The number of likely N-dealkylation sites (tertiary alicyclic amines) is 1. The Morgan fingerprint density at radius 2 is 2.04 bits per heavy atom. The van der Waals surface area contributed by atoms with Crippen molar-refractivity contribution >= 4 is 11.7 Å². The Kier molecular flexibility index (Phi) is 4.62. The number of nitrogens with zero attached hydrogens (tertiary/aromatic N) is 5. The fourth-order valence-corrected chi connectivity index (χ4v) is 3.65. The Bertz CT molecular complexity index is 971. The summed E-state index contributed by atoms with van der Waals surface area (Å²) >= 11 is 0. The number of carbonyl (C=O) groups is 1. The van der Waals surface area contributed by atoms with Crippen LogP contribution in [0, 0.1) is 0 Å². The van der Waals surface area contributed by atoms with Gasteiger partial charge in [-0.15, -0.1) is 0 Å². The molecule has 1 atom stereocenters. The van der Waals surface area contributed by atoms with Crippen LogP contribution in [0.5, 0.6) is 11.5 Å². The molecule has 1 aromatic carbocycles. The predicted molar refractivity (Wildman–Crippen MR) is 97.7 cm³/mol. The second kappa shape index (κ2) is 7.22. The number of amides is 1. The van der Waals surface area contributed by atoms with Gasteiger partial charge in [-0.1, -0.05) is 6.07 Å². The molecule has 2 aromatic heterocycles. The van der Waals surface area contributed by atoms with Crippen LogP contribution in [0.4, 0.5) is 0 Å². The number of methoxy groups -OCH3 is 2. The van der Waals surface area contributed by atoms with Crippen LogP contribution in [-0.2, 0) is 11.2 Å². The first-order valence-corrected chi connectivity index (χ1v) is 8.86. The van der Waals surface area contributed by atoms with E-state index in [1.807, 2.05) is 29.2 Å². The van der Waals surface area contributed by atoms with E-state index >= 15 is 0 Å². The van der Waals surface area contributed by atoms with Gasteiger partial charge in [0.05, 0.1) is 32.4 Å². The van der Waals surface area contributed by atoms with Crippen LogP contribution in [0.2, 0.25) is 0 Å². The summed E-state index contributed by atoms with van der Waals surface area (Å²) in [5, 5.41) is 4.26. The van der Waals surface area contributed by atoms with Crippen LogP contribution >= 0.6 is 0 Å². The molecule has 1 fully saturated rings. The fraction of sp³-hybridized carbons (Fsp3) is 0.368. The Balaban J connectivity index is 1.57. The third kappa shape index (κ3) is 3.18. The molecule has 1 saturated heterocycles. The number of carbonyl (C=O) groups excluding carboxylic acids is 1. The van der Waals surface area contributed by atoms with E-state index in [-0.39, 0.29) is 11.9 Å². The number of fused-ring (bicyclic) bond motifs is 1. The molecule has 27 heavy (non-hydrogen) atoms. The molecule has 8 heteroatoms. The molecular weight excluding hydrogens is 346 g/mol. The third-order valence-corrected chi connectivity index (χ3v) is 4.93. The molecule has 3 heterocycles. The molecule has 1 aliphatic heterocycles. The van der Waals surface area contributed by atoms with Gasteiger partial charge in [0.15, 0.2) is 11.5 Å². The number of rotatable bonds is 5. The summed E-state index contributed by atoms with van der Waals surface area (Å²) in [5.41, 5.74) is 1.83. The van der Waals surface area contributed by atoms with E-state index < -0.39 is 0 Å². The lowest BCUT2D eigenvalue weighted by atomic mass is 10.1. The molecule has 8 nitrogen and oxygen atoms in total.